The van der Waals surface area contributed by atoms with E-state index in [1.165, 1.54) is 19.2 Å². The number of nitrogens with zero attached hydrogens (tertiary/aromatic N) is 1. The molecule has 2 N–H and O–H groups in total. The number of nitrogens with one attached hydrogen (secondary N) is 2. The second-order valence-electron chi connectivity index (χ2n) is 6.42. The Labute approximate surface area is 153 Å². The van der Waals surface area contributed by atoms with Crippen LogP contribution in [0.4, 0.5) is 5.69 Å². The van der Waals surface area contributed by atoms with Crippen molar-refractivity contribution in [3.63, 3.8) is 0 Å². The minimum atomic E-state index is -3.28. The van der Waals surface area contributed by atoms with Crippen LogP contribution in [0.15, 0.2) is 18.2 Å². The van der Waals surface area contributed by atoms with Crippen molar-refractivity contribution >= 4 is 33.4 Å². The molecular formula is C17H23N3O5S. The topological polar surface area (TPSA) is 113 Å². The van der Waals surface area contributed by atoms with E-state index in [1.807, 2.05) is 0 Å². The van der Waals surface area contributed by atoms with Gasteiger partial charge in [0.25, 0.3) is 11.8 Å². The van der Waals surface area contributed by atoms with Gasteiger partial charge in [-0.2, -0.15) is 0 Å². The van der Waals surface area contributed by atoms with Crippen molar-refractivity contribution in [3.05, 3.63) is 29.3 Å². The fraction of sp³-hybridized carbons (Fsp3) is 0.471. The van der Waals surface area contributed by atoms with Gasteiger partial charge < -0.3 is 5.32 Å². The maximum absolute atomic E-state index is 12.0. The summed E-state index contributed by atoms with van der Waals surface area (Å²) in [5.74, 6) is -0.980. The van der Waals surface area contributed by atoms with Gasteiger partial charge in [-0.15, -0.1) is 0 Å². The smallest absolute Gasteiger partial charge is 0.261 e. The van der Waals surface area contributed by atoms with Crippen LogP contribution in [0.1, 0.15) is 53.8 Å². The molecule has 0 aliphatic carbocycles. The van der Waals surface area contributed by atoms with Crippen LogP contribution in [0, 0.1) is 0 Å². The molecule has 1 heterocycles. The quantitative estimate of drug-likeness (QED) is 0.521. The molecule has 0 saturated heterocycles. The molecule has 1 aliphatic rings. The van der Waals surface area contributed by atoms with E-state index in [0.29, 0.717) is 24.1 Å². The molecule has 1 aromatic carbocycles. The molecule has 1 aromatic rings. The molecule has 3 amide bonds. The molecule has 1 aliphatic heterocycles. The van der Waals surface area contributed by atoms with E-state index in [0.717, 1.165) is 4.90 Å². The highest BCUT2D eigenvalue weighted by atomic mass is 32.2. The first kappa shape index (κ1) is 20.1. The number of fused-ring (bicyclic) bond motifs is 1. The highest BCUT2D eigenvalue weighted by molar-refractivity contribution is 7.90. The minimum absolute atomic E-state index is 0.229. The zero-order chi connectivity index (χ0) is 19.5. The summed E-state index contributed by atoms with van der Waals surface area (Å²) >= 11 is 0. The number of benzene rings is 1. The van der Waals surface area contributed by atoms with Crippen LogP contribution in [0.5, 0.6) is 0 Å². The van der Waals surface area contributed by atoms with E-state index in [9.17, 15) is 22.8 Å². The van der Waals surface area contributed by atoms with Crippen LogP contribution < -0.4 is 10.0 Å². The van der Waals surface area contributed by atoms with Crippen molar-refractivity contribution in [2.45, 2.75) is 38.4 Å². The lowest BCUT2D eigenvalue weighted by Crippen LogP contribution is -2.31. The van der Waals surface area contributed by atoms with Crippen molar-refractivity contribution in [3.8, 4) is 0 Å². The lowest BCUT2D eigenvalue weighted by atomic mass is 10.1. The van der Waals surface area contributed by atoms with E-state index >= 15 is 0 Å². The van der Waals surface area contributed by atoms with Crippen molar-refractivity contribution in [2.75, 3.05) is 18.9 Å². The molecule has 0 aromatic heterocycles. The lowest BCUT2D eigenvalue weighted by molar-refractivity contribution is -0.116. The Balaban J connectivity index is 1.81. The molecule has 0 atom stereocenters. The second kappa shape index (κ2) is 7.96. The van der Waals surface area contributed by atoms with Crippen molar-refractivity contribution in [2.24, 2.45) is 0 Å². The summed E-state index contributed by atoms with van der Waals surface area (Å²) in [6.45, 7) is 3.49. The number of rotatable bonds is 8. The summed E-state index contributed by atoms with van der Waals surface area (Å²) in [4.78, 5) is 36.8. The van der Waals surface area contributed by atoms with E-state index in [1.54, 1.807) is 19.9 Å². The molecule has 142 valence electrons. The molecule has 0 bridgehead atoms. The molecule has 0 fully saturated rings. The fourth-order valence-corrected chi connectivity index (χ4v) is 3.22. The van der Waals surface area contributed by atoms with Crippen molar-refractivity contribution in [1.82, 2.24) is 9.62 Å². The third-order valence-electron chi connectivity index (χ3n) is 4.13. The van der Waals surface area contributed by atoms with Crippen LogP contribution in [0.2, 0.25) is 0 Å². The number of anilines is 1. The molecule has 26 heavy (non-hydrogen) atoms. The molecule has 8 nitrogen and oxygen atoms in total. The van der Waals surface area contributed by atoms with Gasteiger partial charge in [-0.25, -0.2) is 13.1 Å². The Morgan fingerprint density at radius 3 is 2.42 bits per heavy atom. The summed E-state index contributed by atoms with van der Waals surface area (Å²) in [6, 6.07) is 4.60. The van der Waals surface area contributed by atoms with Gasteiger partial charge in [-0.3, -0.25) is 19.3 Å². The van der Waals surface area contributed by atoms with E-state index in [2.05, 4.69) is 10.0 Å². The van der Waals surface area contributed by atoms with Gasteiger partial charge in [0.2, 0.25) is 15.9 Å². The van der Waals surface area contributed by atoms with Gasteiger partial charge in [0.05, 0.1) is 16.4 Å². The summed E-state index contributed by atoms with van der Waals surface area (Å²) in [6.07, 6.45) is 1.30. The van der Waals surface area contributed by atoms with Crippen LogP contribution in [0.3, 0.4) is 0 Å². The second-order valence-corrected chi connectivity index (χ2v) is 8.74. The number of hydrogen-bond acceptors (Lipinski definition) is 5. The summed E-state index contributed by atoms with van der Waals surface area (Å²) in [5.41, 5.74) is 1.05. The normalized spacial score (nSPS) is 14.1. The van der Waals surface area contributed by atoms with E-state index in [-0.39, 0.29) is 30.3 Å². The maximum atomic E-state index is 12.0. The first-order valence-corrected chi connectivity index (χ1v) is 9.93. The Morgan fingerprint density at radius 2 is 1.77 bits per heavy atom. The Morgan fingerprint density at radius 1 is 1.12 bits per heavy atom. The number of carbonyl (C=O) groups excluding carboxylic acids is 3. The van der Waals surface area contributed by atoms with Gasteiger partial charge in [0, 0.05) is 25.7 Å². The van der Waals surface area contributed by atoms with E-state index < -0.39 is 21.2 Å². The Bertz CT molecular complexity index is 833. The monoisotopic (exact) mass is 381 g/mol. The molecular weight excluding hydrogens is 358 g/mol. The van der Waals surface area contributed by atoms with Crippen LogP contribution in [-0.2, 0) is 14.8 Å². The first-order valence-electron chi connectivity index (χ1n) is 8.38. The zero-order valence-corrected chi connectivity index (χ0v) is 15.9. The standard InChI is InChI=1S/C17H23N3O5S/c1-11(2)26(24,25)18-9-5-4-6-15(21)19-12-7-8-13-14(10-12)17(23)20(3)16(13)22/h7-8,10-11,18H,4-6,9H2,1-3H3,(H,19,21). The lowest BCUT2D eigenvalue weighted by Gasteiger charge is -2.09. The minimum Gasteiger partial charge on any atom is -0.326 e. The van der Waals surface area contributed by atoms with Gasteiger partial charge in [0.15, 0.2) is 0 Å². The number of sulfonamides is 1. The molecule has 2 rings (SSSR count). The van der Waals surface area contributed by atoms with Gasteiger partial charge in [-0.1, -0.05) is 0 Å². The molecule has 0 spiro atoms. The fourth-order valence-electron chi connectivity index (χ4n) is 2.45. The highest BCUT2D eigenvalue weighted by Crippen LogP contribution is 2.24. The predicted octanol–water partition coefficient (Wildman–Crippen LogP) is 1.35. The predicted molar refractivity (Wildman–Crippen MR) is 97.4 cm³/mol. The third-order valence-corrected chi connectivity index (χ3v) is 5.98. The van der Waals surface area contributed by atoms with E-state index in [4.69, 9.17) is 0 Å². The average Bonchev–Trinajstić information content (AvgIpc) is 2.78. The summed E-state index contributed by atoms with van der Waals surface area (Å²) in [7, 11) is -1.87. The molecule has 9 heteroatoms. The van der Waals surface area contributed by atoms with Gasteiger partial charge in [-0.05, 0) is 44.9 Å². The van der Waals surface area contributed by atoms with Crippen LogP contribution in [0.25, 0.3) is 0 Å². The number of amides is 3. The number of carbonyl (C=O) groups is 3. The van der Waals surface area contributed by atoms with Crippen molar-refractivity contribution < 1.29 is 22.8 Å². The third kappa shape index (κ3) is 4.47. The Hall–Kier alpha value is -2.26. The molecule has 0 unspecified atom stereocenters. The number of imide groups is 1. The number of unbranched alkanes of at least 4 members (excludes halogenated alkanes) is 1. The maximum Gasteiger partial charge on any atom is 0.261 e. The Kier molecular flexibility index (Phi) is 6.14. The molecule has 0 radical (unpaired) electrons. The molecule has 0 saturated carbocycles. The van der Waals surface area contributed by atoms with Crippen molar-refractivity contribution in [1.29, 1.82) is 0 Å². The van der Waals surface area contributed by atoms with Crippen LogP contribution in [-0.4, -0.2) is 49.9 Å². The summed E-state index contributed by atoms with van der Waals surface area (Å²) < 4.78 is 25.7. The first-order chi connectivity index (χ1) is 12.1. The highest BCUT2D eigenvalue weighted by Gasteiger charge is 2.32. The largest absolute Gasteiger partial charge is 0.326 e. The van der Waals surface area contributed by atoms with Gasteiger partial charge in [0.1, 0.15) is 0 Å². The number of hydrogen-bond donors (Lipinski definition) is 2. The summed E-state index contributed by atoms with van der Waals surface area (Å²) in [5, 5.41) is 2.20. The SMILES string of the molecule is CC(C)S(=O)(=O)NCCCCC(=O)Nc1ccc2c(c1)C(=O)N(C)C2=O. The average molecular weight is 381 g/mol. The van der Waals surface area contributed by atoms with Gasteiger partial charge >= 0.3 is 0 Å². The zero-order valence-electron chi connectivity index (χ0n) is 15.0. The van der Waals surface area contributed by atoms with Crippen LogP contribution >= 0.6 is 0 Å².